The van der Waals surface area contributed by atoms with Gasteiger partial charge in [0.25, 0.3) is 0 Å². The average molecular weight is 191 g/mol. The van der Waals surface area contributed by atoms with Crippen LogP contribution in [0.25, 0.3) is 0 Å². The number of carbonyl (C=O) groups excluding carboxylic acids is 1. The van der Waals surface area contributed by atoms with Gasteiger partial charge in [0.2, 0.25) is 0 Å². The van der Waals surface area contributed by atoms with Gasteiger partial charge in [0.15, 0.2) is 5.78 Å². The van der Waals surface area contributed by atoms with E-state index in [1.165, 1.54) is 0 Å². The van der Waals surface area contributed by atoms with Crippen LogP contribution in [0.4, 0.5) is 0 Å². The quantitative estimate of drug-likeness (QED) is 0.693. The van der Waals surface area contributed by atoms with Gasteiger partial charge >= 0.3 is 0 Å². The first-order valence-electron chi connectivity index (χ1n) is 4.71. The molecule has 0 fully saturated rings. The molecule has 2 unspecified atom stereocenters. The highest BCUT2D eigenvalue weighted by Crippen LogP contribution is 2.29. The van der Waals surface area contributed by atoms with E-state index in [1.54, 1.807) is 7.05 Å². The van der Waals surface area contributed by atoms with Gasteiger partial charge in [0.1, 0.15) is 0 Å². The number of ketones is 1. The molecule has 1 aromatic carbocycles. The molecular formula is C11H13NO2. The molecule has 0 aliphatic heterocycles. The molecule has 74 valence electrons. The van der Waals surface area contributed by atoms with E-state index in [0.717, 1.165) is 11.1 Å². The zero-order chi connectivity index (χ0) is 10.1. The van der Waals surface area contributed by atoms with Crippen molar-refractivity contribution < 1.29 is 9.90 Å². The maximum Gasteiger partial charge on any atom is 0.165 e. The van der Waals surface area contributed by atoms with Gasteiger partial charge in [-0.1, -0.05) is 24.3 Å². The van der Waals surface area contributed by atoms with Gasteiger partial charge in [-0.3, -0.25) is 4.79 Å². The van der Waals surface area contributed by atoms with Crippen molar-refractivity contribution in [1.82, 2.24) is 5.32 Å². The van der Waals surface area contributed by atoms with E-state index in [4.69, 9.17) is 0 Å². The number of nitrogens with one attached hydrogen (secondary N) is 1. The summed E-state index contributed by atoms with van der Waals surface area (Å²) in [5, 5.41) is 12.7. The number of benzene rings is 1. The first-order valence-corrected chi connectivity index (χ1v) is 4.71. The van der Waals surface area contributed by atoms with Crippen LogP contribution in [0.15, 0.2) is 24.3 Å². The third-order valence-corrected chi connectivity index (χ3v) is 2.69. The summed E-state index contributed by atoms with van der Waals surface area (Å²) in [7, 11) is 1.79. The van der Waals surface area contributed by atoms with E-state index in [-0.39, 0.29) is 18.2 Å². The Morgan fingerprint density at radius 1 is 1.43 bits per heavy atom. The number of aliphatic hydroxyl groups is 1. The first kappa shape index (κ1) is 9.37. The Kier molecular flexibility index (Phi) is 2.35. The molecule has 0 heterocycles. The van der Waals surface area contributed by atoms with Crippen molar-refractivity contribution in [3.63, 3.8) is 0 Å². The summed E-state index contributed by atoms with van der Waals surface area (Å²) in [4.78, 5) is 11.6. The number of likely N-dealkylation sites (N-methyl/N-ethyl adjacent to an activating group) is 1. The van der Waals surface area contributed by atoms with Crippen molar-refractivity contribution in [2.45, 2.75) is 18.6 Å². The van der Waals surface area contributed by atoms with E-state index in [1.807, 2.05) is 24.3 Å². The molecule has 0 aromatic heterocycles. The van der Waals surface area contributed by atoms with Crippen molar-refractivity contribution in [2.24, 2.45) is 0 Å². The van der Waals surface area contributed by atoms with E-state index in [0.29, 0.717) is 0 Å². The van der Waals surface area contributed by atoms with Crippen LogP contribution in [0, 0.1) is 0 Å². The number of rotatable bonds is 1. The summed E-state index contributed by atoms with van der Waals surface area (Å²) in [6.45, 7) is 0. The lowest BCUT2D eigenvalue weighted by molar-refractivity contribution is 0.0760. The third-order valence-electron chi connectivity index (χ3n) is 2.69. The summed E-state index contributed by atoms with van der Waals surface area (Å²) in [5.74, 6) is 0.0274. The van der Waals surface area contributed by atoms with Gasteiger partial charge in [-0.15, -0.1) is 0 Å². The minimum atomic E-state index is -0.609. The van der Waals surface area contributed by atoms with E-state index < -0.39 is 6.10 Å². The van der Waals surface area contributed by atoms with Gasteiger partial charge in [-0.2, -0.15) is 0 Å². The Morgan fingerprint density at radius 2 is 2.14 bits per heavy atom. The number of hydrogen-bond donors (Lipinski definition) is 2. The van der Waals surface area contributed by atoms with Gasteiger partial charge in [0, 0.05) is 12.0 Å². The summed E-state index contributed by atoms with van der Waals surface area (Å²) in [5.41, 5.74) is 1.64. The SMILES string of the molecule is CNC1c2ccccc2C(=O)CC1O. The molecule has 0 spiro atoms. The Labute approximate surface area is 82.8 Å². The predicted octanol–water partition coefficient (Wildman–Crippen LogP) is 0.894. The molecule has 0 saturated carbocycles. The van der Waals surface area contributed by atoms with Crippen molar-refractivity contribution in [3.8, 4) is 0 Å². The molecule has 0 amide bonds. The lowest BCUT2D eigenvalue weighted by atomic mass is 9.85. The molecule has 1 aliphatic rings. The maximum atomic E-state index is 11.6. The highest BCUT2D eigenvalue weighted by Gasteiger charge is 2.31. The molecule has 0 radical (unpaired) electrons. The largest absolute Gasteiger partial charge is 0.391 e. The average Bonchev–Trinajstić information content (AvgIpc) is 2.18. The number of carbonyl (C=O) groups is 1. The fourth-order valence-electron chi connectivity index (χ4n) is 2.00. The molecule has 1 aliphatic carbocycles. The van der Waals surface area contributed by atoms with Crippen molar-refractivity contribution in [1.29, 1.82) is 0 Å². The van der Waals surface area contributed by atoms with Gasteiger partial charge in [0.05, 0.1) is 12.1 Å². The molecule has 0 bridgehead atoms. The fourth-order valence-corrected chi connectivity index (χ4v) is 2.00. The van der Waals surface area contributed by atoms with E-state index in [9.17, 15) is 9.90 Å². The van der Waals surface area contributed by atoms with E-state index in [2.05, 4.69) is 5.32 Å². The van der Waals surface area contributed by atoms with Gasteiger partial charge in [-0.05, 0) is 12.6 Å². The zero-order valence-electron chi connectivity index (χ0n) is 8.03. The van der Waals surface area contributed by atoms with Gasteiger partial charge in [-0.25, -0.2) is 0 Å². The van der Waals surface area contributed by atoms with Crippen molar-refractivity contribution in [3.05, 3.63) is 35.4 Å². The van der Waals surface area contributed by atoms with Crippen LogP contribution in [0.3, 0.4) is 0 Å². The van der Waals surface area contributed by atoms with Gasteiger partial charge < -0.3 is 10.4 Å². The smallest absolute Gasteiger partial charge is 0.165 e. The molecule has 3 nitrogen and oxygen atoms in total. The van der Waals surface area contributed by atoms with Crippen LogP contribution in [0.1, 0.15) is 28.4 Å². The highest BCUT2D eigenvalue weighted by molar-refractivity contribution is 5.99. The maximum absolute atomic E-state index is 11.6. The Hall–Kier alpha value is -1.19. The second kappa shape index (κ2) is 3.52. The molecule has 2 N–H and O–H groups in total. The topological polar surface area (TPSA) is 49.3 Å². The zero-order valence-corrected chi connectivity index (χ0v) is 8.03. The first-order chi connectivity index (χ1) is 6.74. The molecule has 14 heavy (non-hydrogen) atoms. The molecule has 3 heteroatoms. The fraction of sp³-hybridized carbons (Fsp3) is 0.364. The molecule has 1 aromatic rings. The van der Waals surface area contributed by atoms with Crippen molar-refractivity contribution in [2.75, 3.05) is 7.05 Å². The summed E-state index contributed by atoms with van der Waals surface area (Å²) in [6.07, 6.45) is -0.398. The van der Waals surface area contributed by atoms with Crippen LogP contribution in [-0.4, -0.2) is 24.0 Å². The normalized spacial score (nSPS) is 26.0. The van der Waals surface area contributed by atoms with Crippen LogP contribution >= 0.6 is 0 Å². The minimum absolute atomic E-state index is 0.0274. The van der Waals surface area contributed by atoms with Crippen LogP contribution in [0.5, 0.6) is 0 Å². The highest BCUT2D eigenvalue weighted by atomic mass is 16.3. The summed E-state index contributed by atoms with van der Waals surface area (Å²) < 4.78 is 0. The molecular weight excluding hydrogens is 178 g/mol. The number of fused-ring (bicyclic) bond motifs is 1. The number of hydrogen-bond acceptors (Lipinski definition) is 3. The predicted molar refractivity (Wildman–Crippen MR) is 53.2 cm³/mol. The second-order valence-corrected chi connectivity index (χ2v) is 3.55. The lowest BCUT2D eigenvalue weighted by Crippen LogP contribution is -2.36. The summed E-state index contributed by atoms with van der Waals surface area (Å²) in [6, 6.07) is 7.31. The van der Waals surface area contributed by atoms with Crippen LogP contribution < -0.4 is 5.32 Å². The Morgan fingerprint density at radius 3 is 2.86 bits per heavy atom. The molecule has 2 atom stereocenters. The lowest BCUT2D eigenvalue weighted by Gasteiger charge is -2.28. The Balaban J connectivity index is 2.50. The minimum Gasteiger partial charge on any atom is -0.391 e. The Bertz CT molecular complexity index is 362. The third kappa shape index (κ3) is 1.35. The second-order valence-electron chi connectivity index (χ2n) is 3.55. The van der Waals surface area contributed by atoms with Crippen molar-refractivity contribution >= 4 is 5.78 Å². The van der Waals surface area contributed by atoms with Crippen LogP contribution in [0.2, 0.25) is 0 Å². The number of aliphatic hydroxyl groups excluding tert-OH is 1. The summed E-state index contributed by atoms with van der Waals surface area (Å²) >= 11 is 0. The molecule has 0 saturated heterocycles. The van der Waals surface area contributed by atoms with E-state index >= 15 is 0 Å². The monoisotopic (exact) mass is 191 g/mol. The number of Topliss-reactive ketones (excluding diaryl/α,β-unsaturated/α-hetero) is 1. The standard InChI is InChI=1S/C11H13NO2/c1-12-11-8-5-3-2-4-7(8)9(13)6-10(11)14/h2-5,10-12,14H,6H2,1H3. The molecule has 2 rings (SSSR count). The van der Waals surface area contributed by atoms with Crippen LogP contribution in [-0.2, 0) is 0 Å².